The highest BCUT2D eigenvalue weighted by atomic mass is 35.5. The zero-order valence-corrected chi connectivity index (χ0v) is 13.1. The van der Waals surface area contributed by atoms with Crippen molar-refractivity contribution in [1.82, 2.24) is 10.2 Å². The molecular formula is C17H25ClN2. The van der Waals surface area contributed by atoms with Crippen molar-refractivity contribution < 1.29 is 0 Å². The third-order valence-electron chi connectivity index (χ3n) is 4.77. The van der Waals surface area contributed by atoms with Gasteiger partial charge in [-0.1, -0.05) is 30.7 Å². The minimum atomic E-state index is 0.531. The molecule has 2 nitrogen and oxygen atoms in total. The van der Waals surface area contributed by atoms with E-state index in [2.05, 4.69) is 29.3 Å². The van der Waals surface area contributed by atoms with Crippen molar-refractivity contribution in [1.29, 1.82) is 0 Å². The Bertz CT molecular complexity index is 427. The van der Waals surface area contributed by atoms with E-state index in [-0.39, 0.29) is 0 Å². The van der Waals surface area contributed by atoms with Gasteiger partial charge in [0.05, 0.1) is 0 Å². The van der Waals surface area contributed by atoms with E-state index in [4.69, 9.17) is 11.6 Å². The summed E-state index contributed by atoms with van der Waals surface area (Å²) in [5, 5.41) is 4.67. The number of likely N-dealkylation sites (tertiary alicyclic amines) is 1. The van der Waals surface area contributed by atoms with Crippen LogP contribution >= 0.6 is 11.6 Å². The largest absolute Gasteiger partial charge is 0.309 e. The SMILES string of the molecule is CCN1CCC(CNC(c2ccc(Cl)cc2)C2CC2)C1. The van der Waals surface area contributed by atoms with Crippen LogP contribution in [0.15, 0.2) is 24.3 Å². The number of benzene rings is 1. The summed E-state index contributed by atoms with van der Waals surface area (Å²) in [4.78, 5) is 2.56. The highest BCUT2D eigenvalue weighted by molar-refractivity contribution is 6.30. The first-order chi connectivity index (χ1) is 9.76. The fourth-order valence-electron chi connectivity index (χ4n) is 3.32. The maximum absolute atomic E-state index is 6.00. The first-order valence-electron chi connectivity index (χ1n) is 7.97. The third kappa shape index (κ3) is 3.55. The van der Waals surface area contributed by atoms with Gasteiger partial charge in [0.2, 0.25) is 0 Å². The van der Waals surface area contributed by atoms with Gasteiger partial charge >= 0.3 is 0 Å². The van der Waals surface area contributed by atoms with E-state index in [1.54, 1.807) is 0 Å². The van der Waals surface area contributed by atoms with Gasteiger partial charge in [0.25, 0.3) is 0 Å². The maximum Gasteiger partial charge on any atom is 0.0406 e. The Morgan fingerprint density at radius 2 is 2.00 bits per heavy atom. The molecule has 2 atom stereocenters. The fraction of sp³-hybridized carbons (Fsp3) is 0.647. The molecule has 3 rings (SSSR count). The predicted octanol–water partition coefficient (Wildman–Crippen LogP) is 3.72. The second-order valence-electron chi connectivity index (χ2n) is 6.32. The van der Waals surface area contributed by atoms with Crippen molar-refractivity contribution in [3.05, 3.63) is 34.9 Å². The van der Waals surface area contributed by atoms with Crippen LogP contribution in [0.1, 0.15) is 37.8 Å². The second-order valence-corrected chi connectivity index (χ2v) is 6.76. The van der Waals surface area contributed by atoms with Gasteiger partial charge in [0.15, 0.2) is 0 Å². The highest BCUT2D eigenvalue weighted by Gasteiger charge is 2.33. The van der Waals surface area contributed by atoms with Crippen LogP contribution in [-0.2, 0) is 0 Å². The van der Waals surface area contributed by atoms with Gasteiger partial charge in [-0.15, -0.1) is 0 Å². The summed E-state index contributed by atoms with van der Waals surface area (Å²) in [5.41, 5.74) is 1.40. The molecule has 20 heavy (non-hydrogen) atoms. The van der Waals surface area contributed by atoms with Crippen molar-refractivity contribution in [2.24, 2.45) is 11.8 Å². The molecule has 1 aliphatic heterocycles. The Balaban J connectivity index is 1.57. The molecule has 0 radical (unpaired) electrons. The molecule has 0 amide bonds. The van der Waals surface area contributed by atoms with E-state index in [9.17, 15) is 0 Å². The Morgan fingerprint density at radius 1 is 1.25 bits per heavy atom. The van der Waals surface area contributed by atoms with Crippen LogP contribution in [0.2, 0.25) is 5.02 Å². The quantitative estimate of drug-likeness (QED) is 0.859. The number of nitrogens with zero attached hydrogens (tertiary/aromatic N) is 1. The van der Waals surface area contributed by atoms with Gasteiger partial charge in [-0.3, -0.25) is 0 Å². The Labute approximate surface area is 127 Å². The lowest BCUT2D eigenvalue weighted by Gasteiger charge is -2.21. The van der Waals surface area contributed by atoms with E-state index in [1.807, 2.05) is 12.1 Å². The molecule has 2 fully saturated rings. The second kappa shape index (κ2) is 6.46. The molecule has 1 aromatic rings. The van der Waals surface area contributed by atoms with Crippen LogP contribution in [0.25, 0.3) is 0 Å². The molecule has 2 unspecified atom stereocenters. The van der Waals surface area contributed by atoms with E-state index >= 15 is 0 Å². The molecule has 1 aliphatic carbocycles. The number of hydrogen-bond donors (Lipinski definition) is 1. The molecule has 2 aliphatic rings. The zero-order chi connectivity index (χ0) is 13.9. The van der Waals surface area contributed by atoms with Gasteiger partial charge < -0.3 is 10.2 Å². The topological polar surface area (TPSA) is 15.3 Å². The molecule has 1 heterocycles. The minimum absolute atomic E-state index is 0.531. The summed E-state index contributed by atoms with van der Waals surface area (Å²) in [7, 11) is 0. The predicted molar refractivity (Wildman–Crippen MR) is 85.1 cm³/mol. The van der Waals surface area contributed by atoms with Crippen LogP contribution < -0.4 is 5.32 Å². The van der Waals surface area contributed by atoms with Crippen LogP contribution in [0.3, 0.4) is 0 Å². The zero-order valence-electron chi connectivity index (χ0n) is 12.3. The molecule has 3 heteroatoms. The lowest BCUT2D eigenvalue weighted by atomic mass is 10.0. The number of rotatable bonds is 6. The molecule has 1 saturated heterocycles. The summed E-state index contributed by atoms with van der Waals surface area (Å²) in [6, 6.07) is 8.93. The highest BCUT2D eigenvalue weighted by Crippen LogP contribution is 2.41. The van der Waals surface area contributed by atoms with E-state index < -0.39 is 0 Å². The monoisotopic (exact) mass is 292 g/mol. The number of hydrogen-bond acceptors (Lipinski definition) is 2. The van der Waals surface area contributed by atoms with E-state index in [1.165, 1.54) is 44.5 Å². The first-order valence-corrected chi connectivity index (χ1v) is 8.35. The van der Waals surface area contributed by atoms with E-state index in [0.717, 1.165) is 23.4 Å². The van der Waals surface area contributed by atoms with Crippen molar-refractivity contribution in [3.63, 3.8) is 0 Å². The molecular weight excluding hydrogens is 268 g/mol. The fourth-order valence-corrected chi connectivity index (χ4v) is 3.44. The molecule has 1 aromatic carbocycles. The van der Waals surface area contributed by atoms with Crippen LogP contribution in [0, 0.1) is 11.8 Å². The molecule has 0 spiro atoms. The van der Waals surface area contributed by atoms with Gasteiger partial charge in [-0.05, 0) is 68.4 Å². The Kier molecular flexibility index (Phi) is 4.65. The lowest BCUT2D eigenvalue weighted by molar-refractivity contribution is 0.332. The average molecular weight is 293 g/mol. The number of halogens is 1. The lowest BCUT2D eigenvalue weighted by Crippen LogP contribution is -2.30. The first kappa shape index (κ1) is 14.4. The Morgan fingerprint density at radius 3 is 2.60 bits per heavy atom. The van der Waals surface area contributed by atoms with Crippen molar-refractivity contribution in [3.8, 4) is 0 Å². The molecule has 0 bridgehead atoms. The maximum atomic E-state index is 6.00. The van der Waals surface area contributed by atoms with Crippen LogP contribution in [-0.4, -0.2) is 31.1 Å². The third-order valence-corrected chi connectivity index (χ3v) is 5.02. The van der Waals surface area contributed by atoms with Crippen molar-refractivity contribution >= 4 is 11.6 Å². The Hall–Kier alpha value is -0.570. The minimum Gasteiger partial charge on any atom is -0.309 e. The van der Waals surface area contributed by atoms with Crippen LogP contribution in [0.4, 0.5) is 0 Å². The van der Waals surface area contributed by atoms with Crippen molar-refractivity contribution in [2.75, 3.05) is 26.2 Å². The van der Waals surface area contributed by atoms with Crippen molar-refractivity contribution in [2.45, 2.75) is 32.2 Å². The number of nitrogens with one attached hydrogen (secondary N) is 1. The summed E-state index contributed by atoms with van der Waals surface area (Å²) in [5.74, 6) is 1.66. The van der Waals surface area contributed by atoms with Gasteiger partial charge in [-0.25, -0.2) is 0 Å². The summed E-state index contributed by atoms with van der Waals surface area (Å²) in [6.45, 7) is 7.15. The van der Waals surface area contributed by atoms with Gasteiger partial charge in [0, 0.05) is 17.6 Å². The average Bonchev–Trinajstić information content (AvgIpc) is 3.19. The summed E-state index contributed by atoms with van der Waals surface area (Å²) >= 11 is 6.00. The van der Waals surface area contributed by atoms with Gasteiger partial charge in [-0.2, -0.15) is 0 Å². The van der Waals surface area contributed by atoms with Gasteiger partial charge in [0.1, 0.15) is 0 Å². The molecule has 1 saturated carbocycles. The standard InChI is InChI=1S/C17H25ClN2/c1-2-20-10-9-13(12-20)11-19-17(14-3-4-14)15-5-7-16(18)8-6-15/h5-8,13-14,17,19H,2-4,9-12H2,1H3. The molecule has 0 aromatic heterocycles. The van der Waals surface area contributed by atoms with E-state index in [0.29, 0.717) is 6.04 Å². The summed E-state index contributed by atoms with van der Waals surface area (Å²) < 4.78 is 0. The summed E-state index contributed by atoms with van der Waals surface area (Å²) in [6.07, 6.45) is 4.08. The van der Waals surface area contributed by atoms with Crippen LogP contribution in [0.5, 0.6) is 0 Å². The molecule has 1 N–H and O–H groups in total. The normalized spacial score (nSPS) is 25.0. The molecule has 110 valence electrons. The smallest absolute Gasteiger partial charge is 0.0406 e.